The van der Waals surface area contributed by atoms with Crippen LogP contribution in [0.5, 0.6) is 0 Å². The number of amides is 2. The normalized spacial score (nSPS) is 11.8. The van der Waals surface area contributed by atoms with Crippen molar-refractivity contribution >= 4 is 11.8 Å². The van der Waals surface area contributed by atoms with Gasteiger partial charge in [-0.1, -0.05) is 30.3 Å². The molecular formula is C16H25N3O3. The molecule has 6 nitrogen and oxygen atoms in total. The molecule has 0 bridgehead atoms. The molecular weight excluding hydrogens is 282 g/mol. The van der Waals surface area contributed by atoms with E-state index < -0.39 is 0 Å². The van der Waals surface area contributed by atoms with Gasteiger partial charge in [0.1, 0.15) is 0 Å². The monoisotopic (exact) mass is 307 g/mol. The average molecular weight is 307 g/mol. The number of rotatable bonds is 9. The Balaban J connectivity index is 2.34. The summed E-state index contributed by atoms with van der Waals surface area (Å²) in [4.78, 5) is 25.2. The summed E-state index contributed by atoms with van der Waals surface area (Å²) in [6, 6.07) is 9.09. The minimum absolute atomic E-state index is 0.0350. The minimum atomic E-state index is -0.360. The molecule has 22 heavy (non-hydrogen) atoms. The lowest BCUT2D eigenvalue weighted by atomic mass is 10.0. The van der Waals surface area contributed by atoms with E-state index in [-0.39, 0.29) is 30.8 Å². The molecule has 6 heteroatoms. The van der Waals surface area contributed by atoms with Crippen LogP contribution in [0.25, 0.3) is 0 Å². The van der Waals surface area contributed by atoms with E-state index in [9.17, 15) is 9.59 Å². The maximum absolute atomic E-state index is 12.1. The van der Waals surface area contributed by atoms with Gasteiger partial charge in [0.15, 0.2) is 0 Å². The van der Waals surface area contributed by atoms with Crippen molar-refractivity contribution in [1.29, 1.82) is 0 Å². The van der Waals surface area contributed by atoms with E-state index in [1.807, 2.05) is 30.3 Å². The molecule has 0 aliphatic heterocycles. The number of benzene rings is 1. The first-order valence-corrected chi connectivity index (χ1v) is 7.34. The zero-order valence-corrected chi connectivity index (χ0v) is 13.2. The Morgan fingerprint density at radius 1 is 1.32 bits per heavy atom. The summed E-state index contributed by atoms with van der Waals surface area (Å²) in [6.07, 6.45) is 0.927. The van der Waals surface area contributed by atoms with Gasteiger partial charge in [0.25, 0.3) is 0 Å². The second kappa shape index (κ2) is 9.92. The van der Waals surface area contributed by atoms with Crippen LogP contribution in [0.3, 0.4) is 0 Å². The number of carbonyl (C=O) groups is 2. The molecule has 0 fully saturated rings. The first-order valence-electron chi connectivity index (χ1n) is 7.34. The Hall–Kier alpha value is -1.92. The van der Waals surface area contributed by atoms with Gasteiger partial charge in [0, 0.05) is 39.8 Å². The molecule has 0 saturated heterocycles. The zero-order valence-electron chi connectivity index (χ0n) is 13.2. The fourth-order valence-electron chi connectivity index (χ4n) is 1.97. The topological polar surface area (TPSA) is 84.7 Å². The van der Waals surface area contributed by atoms with Crippen molar-refractivity contribution in [2.75, 3.05) is 33.9 Å². The molecule has 3 N–H and O–H groups in total. The van der Waals surface area contributed by atoms with Crippen LogP contribution in [0.1, 0.15) is 24.4 Å². The van der Waals surface area contributed by atoms with Gasteiger partial charge in [0.2, 0.25) is 11.8 Å². The van der Waals surface area contributed by atoms with Crippen molar-refractivity contribution in [2.24, 2.45) is 5.73 Å². The second-order valence-electron chi connectivity index (χ2n) is 5.17. The van der Waals surface area contributed by atoms with Crippen LogP contribution in [0.15, 0.2) is 30.3 Å². The van der Waals surface area contributed by atoms with Crippen LogP contribution in [-0.2, 0) is 14.3 Å². The molecule has 1 rings (SSSR count). The Morgan fingerprint density at radius 2 is 2.00 bits per heavy atom. The summed E-state index contributed by atoms with van der Waals surface area (Å²) >= 11 is 0. The van der Waals surface area contributed by atoms with Gasteiger partial charge in [0.05, 0.1) is 6.54 Å². The van der Waals surface area contributed by atoms with E-state index in [1.54, 1.807) is 14.2 Å². The molecule has 0 saturated carbocycles. The molecule has 1 atom stereocenters. The fraction of sp³-hybridized carbons (Fsp3) is 0.500. The van der Waals surface area contributed by atoms with Gasteiger partial charge < -0.3 is 20.7 Å². The van der Waals surface area contributed by atoms with Gasteiger partial charge >= 0.3 is 0 Å². The van der Waals surface area contributed by atoms with Gasteiger partial charge in [-0.25, -0.2) is 0 Å². The summed E-state index contributed by atoms with van der Waals surface area (Å²) in [5, 5.41) is 2.74. The lowest BCUT2D eigenvalue weighted by Gasteiger charge is -2.19. The number of nitrogens with zero attached hydrogens (tertiary/aromatic N) is 1. The molecule has 2 amide bonds. The number of carbonyl (C=O) groups excluding carboxylic acids is 2. The zero-order chi connectivity index (χ0) is 16.4. The highest BCUT2D eigenvalue weighted by Gasteiger charge is 2.17. The quantitative estimate of drug-likeness (QED) is 0.657. The molecule has 0 aliphatic carbocycles. The molecule has 0 aliphatic rings. The van der Waals surface area contributed by atoms with Crippen molar-refractivity contribution < 1.29 is 14.3 Å². The molecule has 0 heterocycles. The first-order chi connectivity index (χ1) is 10.5. The van der Waals surface area contributed by atoms with Crippen LogP contribution in [0, 0.1) is 0 Å². The van der Waals surface area contributed by atoms with E-state index >= 15 is 0 Å². The number of likely N-dealkylation sites (N-methyl/N-ethyl adjacent to an activating group) is 1. The van der Waals surface area contributed by atoms with Crippen LogP contribution >= 0.6 is 0 Å². The van der Waals surface area contributed by atoms with Crippen LogP contribution in [0.2, 0.25) is 0 Å². The van der Waals surface area contributed by atoms with E-state index in [0.717, 1.165) is 12.0 Å². The predicted molar refractivity (Wildman–Crippen MR) is 85.1 cm³/mol. The third kappa shape index (κ3) is 6.69. The molecule has 0 spiro atoms. The molecule has 122 valence electrons. The van der Waals surface area contributed by atoms with E-state index in [4.69, 9.17) is 10.5 Å². The van der Waals surface area contributed by atoms with Crippen LogP contribution < -0.4 is 11.1 Å². The molecule has 0 radical (unpaired) electrons. The van der Waals surface area contributed by atoms with E-state index in [1.165, 1.54) is 4.90 Å². The lowest BCUT2D eigenvalue weighted by molar-refractivity contribution is -0.135. The number of ether oxygens (including phenoxy) is 1. The Kier molecular flexibility index (Phi) is 8.17. The van der Waals surface area contributed by atoms with Crippen molar-refractivity contribution in [2.45, 2.75) is 18.9 Å². The number of nitrogens with two attached hydrogens (primary N) is 1. The number of methoxy groups -OCH3 is 1. The summed E-state index contributed by atoms with van der Waals surface area (Å²) < 4.78 is 4.90. The first kappa shape index (κ1) is 18.1. The van der Waals surface area contributed by atoms with Gasteiger partial charge in [-0.3, -0.25) is 9.59 Å². The predicted octanol–water partition coefficient (Wildman–Crippen LogP) is 0.688. The minimum Gasteiger partial charge on any atom is -0.385 e. The largest absolute Gasteiger partial charge is 0.385 e. The highest BCUT2D eigenvalue weighted by atomic mass is 16.5. The number of hydrogen-bond donors (Lipinski definition) is 2. The maximum atomic E-state index is 12.1. The number of hydrogen-bond acceptors (Lipinski definition) is 4. The van der Waals surface area contributed by atoms with Gasteiger partial charge in [-0.15, -0.1) is 0 Å². The SMILES string of the molecule is COCCCNC(=O)CN(C)C(=O)CC(N)c1ccccc1. The van der Waals surface area contributed by atoms with Gasteiger partial charge in [-0.2, -0.15) is 0 Å². The van der Waals surface area contributed by atoms with Crippen molar-refractivity contribution in [3.05, 3.63) is 35.9 Å². The lowest BCUT2D eigenvalue weighted by Crippen LogP contribution is -2.39. The van der Waals surface area contributed by atoms with Gasteiger partial charge in [-0.05, 0) is 12.0 Å². The summed E-state index contributed by atoms with van der Waals surface area (Å²) in [6.45, 7) is 1.17. The third-order valence-electron chi connectivity index (χ3n) is 3.28. The summed E-state index contributed by atoms with van der Waals surface area (Å²) in [5.41, 5.74) is 6.93. The Labute approximate surface area is 131 Å². The average Bonchev–Trinajstić information content (AvgIpc) is 2.52. The highest BCUT2D eigenvalue weighted by Crippen LogP contribution is 2.14. The van der Waals surface area contributed by atoms with E-state index in [0.29, 0.717) is 13.2 Å². The van der Waals surface area contributed by atoms with Crippen molar-refractivity contribution in [3.8, 4) is 0 Å². The van der Waals surface area contributed by atoms with Crippen molar-refractivity contribution in [3.63, 3.8) is 0 Å². The molecule has 1 unspecified atom stereocenters. The highest BCUT2D eigenvalue weighted by molar-refractivity contribution is 5.84. The standard InChI is InChI=1S/C16H25N3O3/c1-19(12-15(20)18-9-6-10-22-2)16(21)11-14(17)13-7-4-3-5-8-13/h3-5,7-8,14H,6,9-12,17H2,1-2H3,(H,18,20). The Morgan fingerprint density at radius 3 is 2.64 bits per heavy atom. The smallest absolute Gasteiger partial charge is 0.239 e. The molecule has 1 aromatic rings. The Bertz CT molecular complexity index is 465. The number of nitrogens with one attached hydrogen (secondary N) is 1. The van der Waals surface area contributed by atoms with E-state index in [2.05, 4.69) is 5.32 Å². The van der Waals surface area contributed by atoms with Crippen LogP contribution in [0.4, 0.5) is 0 Å². The summed E-state index contributed by atoms with van der Waals surface area (Å²) in [5.74, 6) is -0.330. The second-order valence-corrected chi connectivity index (χ2v) is 5.17. The fourth-order valence-corrected chi connectivity index (χ4v) is 1.97. The maximum Gasteiger partial charge on any atom is 0.239 e. The van der Waals surface area contributed by atoms with Crippen molar-refractivity contribution in [1.82, 2.24) is 10.2 Å². The third-order valence-corrected chi connectivity index (χ3v) is 3.28. The molecule has 0 aromatic heterocycles. The summed E-state index contributed by atoms with van der Waals surface area (Å²) in [7, 11) is 3.22. The van der Waals surface area contributed by atoms with Crippen LogP contribution in [-0.4, -0.2) is 50.6 Å². The molecule has 1 aromatic carbocycles.